The number of morpholine rings is 1. The number of ether oxygens (including phenoxy) is 1. The molecule has 3 N–H and O–H groups in total. The molecule has 0 aromatic heterocycles. The van der Waals surface area contributed by atoms with Crippen molar-refractivity contribution < 1.29 is 9.53 Å². The van der Waals surface area contributed by atoms with Crippen LogP contribution in [0.15, 0.2) is 24.3 Å². The summed E-state index contributed by atoms with van der Waals surface area (Å²) in [5.41, 5.74) is 8.61. The third-order valence-corrected chi connectivity index (χ3v) is 5.61. The second kappa shape index (κ2) is 11.9. The van der Waals surface area contributed by atoms with E-state index in [1.54, 1.807) is 0 Å². The Morgan fingerprint density at radius 3 is 2.48 bits per heavy atom. The van der Waals surface area contributed by atoms with Gasteiger partial charge in [-0.05, 0) is 31.2 Å². The highest BCUT2D eigenvalue weighted by Crippen LogP contribution is 2.27. The van der Waals surface area contributed by atoms with Crippen LogP contribution in [-0.4, -0.2) is 49.7 Å². The van der Waals surface area contributed by atoms with Crippen molar-refractivity contribution in [2.45, 2.75) is 44.7 Å². The van der Waals surface area contributed by atoms with Crippen molar-refractivity contribution in [1.82, 2.24) is 10.2 Å². The Hall–Kier alpha value is -0.850. The quantitative estimate of drug-likeness (QED) is 0.746. The standard InChI is InChI=1S/C20H31N3O2.2ClH/c1-15-5-7-16(8-6-15)19(23-9-11-25-12-10-23)14-22-20(24)13-17-3-2-4-18(17)21;;/h5-8,17-19H,2-4,9-14,21H2,1H3,(H,22,24);2*1H/t17-,18+,19?;;/m0../s1. The molecule has 1 aromatic carbocycles. The number of carbonyl (C=O) groups is 1. The second-order valence-corrected chi connectivity index (χ2v) is 7.44. The predicted octanol–water partition coefficient (Wildman–Crippen LogP) is 2.85. The van der Waals surface area contributed by atoms with Crippen molar-refractivity contribution >= 4 is 30.7 Å². The van der Waals surface area contributed by atoms with Gasteiger partial charge in [0.1, 0.15) is 0 Å². The zero-order chi connectivity index (χ0) is 17.6. The zero-order valence-corrected chi connectivity index (χ0v) is 17.7. The Balaban J connectivity index is 0.00000182. The Kier molecular flexibility index (Phi) is 10.6. The van der Waals surface area contributed by atoms with E-state index in [2.05, 4.69) is 41.4 Å². The molecule has 3 atom stereocenters. The summed E-state index contributed by atoms with van der Waals surface area (Å²) in [5.74, 6) is 0.480. The van der Waals surface area contributed by atoms with E-state index < -0.39 is 0 Å². The zero-order valence-electron chi connectivity index (χ0n) is 16.1. The predicted molar refractivity (Wildman–Crippen MR) is 114 cm³/mol. The van der Waals surface area contributed by atoms with E-state index in [0.29, 0.717) is 18.9 Å². The van der Waals surface area contributed by atoms with Gasteiger partial charge in [0, 0.05) is 32.1 Å². The Morgan fingerprint density at radius 2 is 1.89 bits per heavy atom. The monoisotopic (exact) mass is 417 g/mol. The van der Waals surface area contributed by atoms with Gasteiger partial charge < -0.3 is 15.8 Å². The van der Waals surface area contributed by atoms with Gasteiger partial charge in [0.2, 0.25) is 5.91 Å². The van der Waals surface area contributed by atoms with Crippen LogP contribution in [0.25, 0.3) is 0 Å². The molecule has 1 amide bonds. The topological polar surface area (TPSA) is 67.6 Å². The smallest absolute Gasteiger partial charge is 0.220 e. The minimum Gasteiger partial charge on any atom is -0.379 e. The van der Waals surface area contributed by atoms with Crippen LogP contribution in [0, 0.1) is 12.8 Å². The highest BCUT2D eigenvalue weighted by atomic mass is 35.5. The molecule has 0 spiro atoms. The van der Waals surface area contributed by atoms with E-state index in [4.69, 9.17) is 10.5 Å². The molecule has 154 valence electrons. The Bertz CT molecular complexity index is 565. The van der Waals surface area contributed by atoms with Crippen LogP contribution in [0.5, 0.6) is 0 Å². The molecule has 1 aromatic rings. The summed E-state index contributed by atoms with van der Waals surface area (Å²) in [6.07, 6.45) is 3.85. The number of hydrogen-bond donors (Lipinski definition) is 2. The van der Waals surface area contributed by atoms with E-state index >= 15 is 0 Å². The second-order valence-electron chi connectivity index (χ2n) is 7.44. The van der Waals surface area contributed by atoms with Crippen LogP contribution in [0.4, 0.5) is 0 Å². The summed E-state index contributed by atoms with van der Waals surface area (Å²) in [4.78, 5) is 14.8. The molecule has 1 saturated carbocycles. The van der Waals surface area contributed by atoms with E-state index in [9.17, 15) is 4.79 Å². The molecular formula is C20H33Cl2N3O2. The van der Waals surface area contributed by atoms with Gasteiger partial charge in [-0.25, -0.2) is 0 Å². The van der Waals surface area contributed by atoms with Crippen LogP contribution >= 0.6 is 24.8 Å². The molecule has 1 heterocycles. The van der Waals surface area contributed by atoms with Gasteiger partial charge in [0.05, 0.1) is 19.3 Å². The summed E-state index contributed by atoms with van der Waals surface area (Å²) in [6, 6.07) is 9.02. The summed E-state index contributed by atoms with van der Waals surface area (Å²) in [5, 5.41) is 3.16. The molecule has 27 heavy (non-hydrogen) atoms. The van der Waals surface area contributed by atoms with Gasteiger partial charge in [-0.2, -0.15) is 0 Å². The lowest BCUT2D eigenvalue weighted by atomic mass is 9.99. The summed E-state index contributed by atoms with van der Waals surface area (Å²) < 4.78 is 5.49. The first-order chi connectivity index (χ1) is 12.1. The lowest BCUT2D eigenvalue weighted by molar-refractivity contribution is -0.122. The number of benzene rings is 1. The molecule has 1 aliphatic heterocycles. The van der Waals surface area contributed by atoms with Crippen LogP contribution in [0.2, 0.25) is 0 Å². The van der Waals surface area contributed by atoms with Gasteiger partial charge in [-0.15, -0.1) is 24.8 Å². The lowest BCUT2D eigenvalue weighted by Gasteiger charge is -2.35. The largest absolute Gasteiger partial charge is 0.379 e. The number of amides is 1. The number of aryl methyl sites for hydroxylation is 1. The molecule has 0 radical (unpaired) electrons. The summed E-state index contributed by atoms with van der Waals surface area (Å²) >= 11 is 0. The SMILES string of the molecule is Cc1ccc(C(CNC(=O)C[C@@H]2CCC[C@H]2N)N2CCOCC2)cc1.Cl.Cl. The number of carbonyl (C=O) groups excluding carboxylic acids is 1. The summed E-state index contributed by atoms with van der Waals surface area (Å²) in [7, 11) is 0. The van der Waals surface area contributed by atoms with E-state index in [1.807, 2.05) is 0 Å². The first-order valence-electron chi connectivity index (χ1n) is 9.54. The highest BCUT2D eigenvalue weighted by Gasteiger charge is 2.27. The van der Waals surface area contributed by atoms with Gasteiger partial charge in [-0.1, -0.05) is 36.2 Å². The fraction of sp³-hybridized carbons (Fsp3) is 0.650. The van der Waals surface area contributed by atoms with Crippen LogP contribution < -0.4 is 11.1 Å². The molecule has 1 saturated heterocycles. The van der Waals surface area contributed by atoms with Crippen molar-refractivity contribution in [2.24, 2.45) is 11.7 Å². The molecule has 5 nitrogen and oxygen atoms in total. The third-order valence-electron chi connectivity index (χ3n) is 5.61. The van der Waals surface area contributed by atoms with Crippen LogP contribution in [0.3, 0.4) is 0 Å². The number of hydrogen-bond acceptors (Lipinski definition) is 4. The van der Waals surface area contributed by atoms with Crippen molar-refractivity contribution in [1.29, 1.82) is 0 Å². The molecule has 2 aliphatic rings. The Labute approximate surface area is 175 Å². The van der Waals surface area contributed by atoms with Crippen molar-refractivity contribution in [3.8, 4) is 0 Å². The first-order valence-corrected chi connectivity index (χ1v) is 9.54. The van der Waals surface area contributed by atoms with Crippen molar-refractivity contribution in [3.05, 3.63) is 35.4 Å². The van der Waals surface area contributed by atoms with Crippen molar-refractivity contribution in [3.63, 3.8) is 0 Å². The fourth-order valence-corrected chi connectivity index (χ4v) is 3.98. The number of nitrogens with one attached hydrogen (secondary N) is 1. The summed E-state index contributed by atoms with van der Waals surface area (Å²) in [6.45, 7) is 6.06. The van der Waals surface area contributed by atoms with E-state index in [1.165, 1.54) is 11.1 Å². The molecule has 3 rings (SSSR count). The maximum absolute atomic E-state index is 12.4. The molecule has 2 fully saturated rings. The number of halogens is 2. The molecule has 7 heteroatoms. The fourth-order valence-electron chi connectivity index (χ4n) is 3.98. The molecular weight excluding hydrogens is 385 g/mol. The first kappa shape index (κ1) is 24.2. The van der Waals surface area contributed by atoms with Crippen LogP contribution in [0.1, 0.15) is 42.9 Å². The van der Waals surface area contributed by atoms with Gasteiger partial charge in [0.25, 0.3) is 0 Å². The maximum atomic E-state index is 12.4. The normalized spacial score (nSPS) is 23.8. The van der Waals surface area contributed by atoms with E-state index in [-0.39, 0.29) is 42.8 Å². The Morgan fingerprint density at radius 1 is 1.22 bits per heavy atom. The number of nitrogens with zero attached hydrogens (tertiary/aromatic N) is 1. The van der Waals surface area contributed by atoms with Gasteiger partial charge >= 0.3 is 0 Å². The minimum atomic E-state index is 0. The molecule has 1 aliphatic carbocycles. The number of nitrogens with two attached hydrogens (primary N) is 1. The van der Waals surface area contributed by atoms with Crippen LogP contribution in [-0.2, 0) is 9.53 Å². The highest BCUT2D eigenvalue weighted by molar-refractivity contribution is 5.85. The van der Waals surface area contributed by atoms with Gasteiger partial charge in [-0.3, -0.25) is 9.69 Å². The molecule has 1 unspecified atom stereocenters. The third kappa shape index (κ3) is 6.91. The average Bonchev–Trinajstić information content (AvgIpc) is 3.02. The average molecular weight is 418 g/mol. The van der Waals surface area contributed by atoms with Gasteiger partial charge in [0.15, 0.2) is 0 Å². The maximum Gasteiger partial charge on any atom is 0.220 e. The van der Waals surface area contributed by atoms with Crippen molar-refractivity contribution in [2.75, 3.05) is 32.8 Å². The minimum absolute atomic E-state index is 0. The number of rotatable bonds is 6. The lowest BCUT2D eigenvalue weighted by Crippen LogP contribution is -2.44. The molecule has 0 bridgehead atoms. The van der Waals surface area contributed by atoms with E-state index in [0.717, 1.165) is 45.6 Å².